The first-order chi connectivity index (χ1) is 20.9. The van der Waals surface area contributed by atoms with Crippen LogP contribution in [0.3, 0.4) is 0 Å². The summed E-state index contributed by atoms with van der Waals surface area (Å²) in [5.74, 6) is 2.52. The minimum Gasteiger partial charge on any atom is -0.341 e. The van der Waals surface area contributed by atoms with E-state index in [4.69, 9.17) is 19.8 Å². The number of aromatic nitrogens is 3. The highest BCUT2D eigenvalue weighted by Crippen LogP contribution is 2.45. The molecule has 1 fully saturated rings. The quantitative estimate of drug-likeness (QED) is 0.144. The van der Waals surface area contributed by atoms with Crippen molar-refractivity contribution in [2.45, 2.75) is 169 Å². The maximum atomic E-state index is 6.38. The summed E-state index contributed by atoms with van der Waals surface area (Å²) in [5.41, 5.74) is -0.514. The molecule has 8 heteroatoms. The minimum absolute atomic E-state index is 0.0987. The number of hydrogen-bond acceptors (Lipinski definition) is 8. The predicted molar refractivity (Wildman–Crippen MR) is 188 cm³/mol. The standard InChI is InChI=1S/C36H69N7O/c1-13-20-24-41(23-16-4)32-37-31(38-33(39-32)42(25-21-14-2)26-22-15-3)36(18-6,19-7)40(12)30-28-34(8,9)43(44-27-17-5)35(10,11)29-30/h21,25,30H,13-20,22-24,26-29H2,1-12H3/b25-21+. The fraction of sp³-hybridized carbons (Fsp3) is 0.861. The number of hydrogen-bond donors (Lipinski definition) is 0. The molecule has 0 bridgehead atoms. The molecule has 0 saturated carbocycles. The van der Waals surface area contributed by atoms with Gasteiger partial charge in [-0.15, -0.1) is 0 Å². The summed E-state index contributed by atoms with van der Waals surface area (Å²) >= 11 is 0. The van der Waals surface area contributed by atoms with E-state index in [2.05, 4.69) is 115 Å². The molecule has 1 saturated heterocycles. The van der Waals surface area contributed by atoms with Gasteiger partial charge in [0, 0.05) is 43.0 Å². The van der Waals surface area contributed by atoms with Gasteiger partial charge in [-0.25, -0.2) is 0 Å². The van der Waals surface area contributed by atoms with Gasteiger partial charge in [-0.2, -0.15) is 20.0 Å². The van der Waals surface area contributed by atoms with Crippen LogP contribution in [0.1, 0.15) is 153 Å². The highest BCUT2D eigenvalue weighted by atomic mass is 16.7. The second-order valence-electron chi connectivity index (χ2n) is 14.1. The number of nitrogens with zero attached hydrogens (tertiary/aromatic N) is 7. The maximum Gasteiger partial charge on any atom is 0.234 e. The van der Waals surface area contributed by atoms with Crippen molar-refractivity contribution in [3.05, 3.63) is 18.1 Å². The van der Waals surface area contributed by atoms with Gasteiger partial charge < -0.3 is 9.80 Å². The molecule has 0 aromatic carbocycles. The van der Waals surface area contributed by atoms with Crippen LogP contribution in [0, 0.1) is 0 Å². The first kappa shape index (κ1) is 38.4. The molecule has 0 aliphatic carbocycles. The van der Waals surface area contributed by atoms with E-state index >= 15 is 0 Å². The van der Waals surface area contributed by atoms with E-state index < -0.39 is 0 Å². The topological polar surface area (TPSA) is 60.9 Å². The van der Waals surface area contributed by atoms with Crippen LogP contribution in [0.2, 0.25) is 0 Å². The number of allylic oxidation sites excluding steroid dienone is 1. The average molecular weight is 616 g/mol. The smallest absolute Gasteiger partial charge is 0.234 e. The first-order valence-corrected chi connectivity index (χ1v) is 18.0. The third kappa shape index (κ3) is 9.38. The Labute approximate surface area is 272 Å². The van der Waals surface area contributed by atoms with E-state index in [1.165, 1.54) is 0 Å². The molecular weight excluding hydrogens is 546 g/mol. The summed E-state index contributed by atoms with van der Waals surface area (Å²) < 4.78 is 0. The molecule has 1 aromatic heterocycles. The van der Waals surface area contributed by atoms with Crippen molar-refractivity contribution in [1.29, 1.82) is 0 Å². The largest absolute Gasteiger partial charge is 0.341 e. The van der Waals surface area contributed by atoms with Gasteiger partial charge in [0.15, 0.2) is 5.82 Å². The van der Waals surface area contributed by atoms with Crippen LogP contribution in [0.25, 0.3) is 0 Å². The van der Waals surface area contributed by atoms with Gasteiger partial charge in [0.2, 0.25) is 11.9 Å². The second kappa shape index (κ2) is 17.8. The lowest BCUT2D eigenvalue weighted by molar-refractivity contribution is -0.290. The van der Waals surface area contributed by atoms with Crippen molar-refractivity contribution in [1.82, 2.24) is 24.9 Å². The van der Waals surface area contributed by atoms with Crippen molar-refractivity contribution in [3.63, 3.8) is 0 Å². The molecule has 254 valence electrons. The Morgan fingerprint density at radius 1 is 0.795 bits per heavy atom. The molecule has 0 N–H and O–H groups in total. The van der Waals surface area contributed by atoms with Gasteiger partial charge in [-0.05, 0) is 92.5 Å². The molecule has 1 aromatic rings. The van der Waals surface area contributed by atoms with Gasteiger partial charge in [0.05, 0.1) is 12.1 Å². The summed E-state index contributed by atoms with van der Waals surface area (Å²) in [7, 11) is 2.32. The molecule has 1 aliphatic heterocycles. The van der Waals surface area contributed by atoms with E-state index in [1.807, 2.05) is 0 Å². The van der Waals surface area contributed by atoms with E-state index in [0.717, 1.165) is 115 Å². The predicted octanol–water partition coefficient (Wildman–Crippen LogP) is 8.73. The Hall–Kier alpha value is -1.77. The average Bonchev–Trinajstić information content (AvgIpc) is 2.99. The lowest BCUT2D eigenvalue weighted by atomic mass is 9.76. The number of rotatable bonds is 20. The zero-order valence-corrected chi connectivity index (χ0v) is 30.9. The number of hydroxylamine groups is 2. The van der Waals surface area contributed by atoms with Gasteiger partial charge in [0.25, 0.3) is 0 Å². The Balaban J connectivity index is 2.71. The molecule has 44 heavy (non-hydrogen) atoms. The van der Waals surface area contributed by atoms with Crippen LogP contribution in [-0.4, -0.2) is 75.3 Å². The van der Waals surface area contributed by atoms with Crippen molar-refractivity contribution in [2.75, 3.05) is 43.1 Å². The van der Waals surface area contributed by atoms with E-state index in [9.17, 15) is 0 Å². The lowest BCUT2D eigenvalue weighted by Gasteiger charge is -2.57. The molecule has 0 radical (unpaired) electrons. The summed E-state index contributed by atoms with van der Waals surface area (Å²) in [6.45, 7) is 28.7. The second-order valence-corrected chi connectivity index (χ2v) is 14.1. The third-order valence-electron chi connectivity index (χ3n) is 9.50. The van der Waals surface area contributed by atoms with Crippen LogP contribution in [0.15, 0.2) is 12.3 Å². The zero-order chi connectivity index (χ0) is 33.0. The lowest BCUT2D eigenvalue weighted by Crippen LogP contribution is -2.65. The van der Waals surface area contributed by atoms with Crippen LogP contribution in [0.4, 0.5) is 11.9 Å². The summed E-state index contributed by atoms with van der Waals surface area (Å²) in [4.78, 5) is 29.6. The molecule has 0 amide bonds. The Kier molecular flexibility index (Phi) is 15.5. The Morgan fingerprint density at radius 3 is 1.91 bits per heavy atom. The summed E-state index contributed by atoms with van der Waals surface area (Å²) in [5, 5.41) is 2.29. The summed E-state index contributed by atoms with van der Waals surface area (Å²) in [6.07, 6.45) is 15.9. The Bertz CT molecular complexity index is 973. The van der Waals surface area contributed by atoms with E-state index in [-0.39, 0.29) is 16.6 Å². The molecule has 0 unspecified atom stereocenters. The van der Waals surface area contributed by atoms with Crippen molar-refractivity contribution in [3.8, 4) is 0 Å². The first-order valence-electron chi connectivity index (χ1n) is 18.0. The SMILES string of the molecule is CC/C=C/N(CCCC)c1nc(N(CCC)CCCC)nc(C(CC)(CC)N(C)C2CC(C)(C)N(OCCC)C(C)(C)C2)n1. The maximum absolute atomic E-state index is 6.38. The molecule has 2 heterocycles. The molecule has 1 aliphatic rings. The van der Waals surface area contributed by atoms with Crippen molar-refractivity contribution in [2.24, 2.45) is 0 Å². The zero-order valence-electron chi connectivity index (χ0n) is 30.9. The highest BCUT2D eigenvalue weighted by molar-refractivity contribution is 5.42. The number of unbranched alkanes of at least 4 members (excludes halogenated alkanes) is 2. The fourth-order valence-electron chi connectivity index (χ4n) is 7.15. The summed E-state index contributed by atoms with van der Waals surface area (Å²) in [6, 6.07) is 0.355. The van der Waals surface area contributed by atoms with Crippen LogP contribution < -0.4 is 9.80 Å². The number of piperidine rings is 1. The van der Waals surface area contributed by atoms with Crippen LogP contribution in [-0.2, 0) is 10.4 Å². The monoisotopic (exact) mass is 616 g/mol. The number of anilines is 2. The van der Waals surface area contributed by atoms with Crippen LogP contribution >= 0.6 is 0 Å². The van der Waals surface area contributed by atoms with E-state index in [1.54, 1.807) is 0 Å². The molecule has 2 rings (SSSR count). The van der Waals surface area contributed by atoms with Gasteiger partial charge >= 0.3 is 0 Å². The minimum atomic E-state index is -0.316. The van der Waals surface area contributed by atoms with E-state index in [0.29, 0.717) is 6.04 Å². The van der Waals surface area contributed by atoms with Gasteiger partial charge in [0.1, 0.15) is 0 Å². The van der Waals surface area contributed by atoms with Gasteiger partial charge in [-0.3, -0.25) is 9.74 Å². The highest BCUT2D eigenvalue weighted by Gasteiger charge is 2.51. The molecular formula is C36H69N7O. The normalized spacial score (nSPS) is 17.6. The third-order valence-corrected chi connectivity index (χ3v) is 9.50. The van der Waals surface area contributed by atoms with Crippen molar-refractivity contribution >= 4 is 11.9 Å². The van der Waals surface area contributed by atoms with Gasteiger partial charge in [-0.1, -0.05) is 67.4 Å². The van der Waals surface area contributed by atoms with Crippen molar-refractivity contribution < 1.29 is 4.84 Å². The Morgan fingerprint density at radius 2 is 1.39 bits per heavy atom. The molecule has 8 nitrogen and oxygen atoms in total. The van der Waals surface area contributed by atoms with Crippen LogP contribution in [0.5, 0.6) is 0 Å². The molecule has 0 atom stereocenters. The fourth-order valence-corrected chi connectivity index (χ4v) is 7.15. The molecule has 0 spiro atoms.